The summed E-state index contributed by atoms with van der Waals surface area (Å²) in [6.45, 7) is 3.23. The first-order chi connectivity index (χ1) is 11.5. The van der Waals surface area contributed by atoms with Gasteiger partial charge in [-0.3, -0.25) is 0 Å². The van der Waals surface area contributed by atoms with E-state index in [0.717, 1.165) is 18.4 Å². The third kappa shape index (κ3) is 3.68. The summed E-state index contributed by atoms with van der Waals surface area (Å²) in [5, 5.41) is 0. The highest BCUT2D eigenvalue weighted by atomic mass is 32.2. The fourth-order valence-electron chi connectivity index (χ4n) is 3.16. The molecule has 1 N–H and O–H groups in total. The summed E-state index contributed by atoms with van der Waals surface area (Å²) in [6, 6.07) is 9.06. The van der Waals surface area contributed by atoms with E-state index in [1.165, 1.54) is 0 Å². The predicted octanol–water partition coefficient (Wildman–Crippen LogP) is 2.08. The number of piperidine rings is 1. The average Bonchev–Trinajstić information content (AvgIpc) is 2.99. The summed E-state index contributed by atoms with van der Waals surface area (Å²) < 4.78 is 32.1. The maximum Gasteiger partial charge on any atom is 0.280 e. The molecule has 1 fully saturated rings. The summed E-state index contributed by atoms with van der Waals surface area (Å²) in [7, 11) is -1.71. The second-order valence-corrected chi connectivity index (χ2v) is 8.17. The predicted molar refractivity (Wildman–Crippen MR) is 93.5 cm³/mol. The van der Waals surface area contributed by atoms with Gasteiger partial charge in [-0.05, 0) is 24.3 Å². The smallest absolute Gasteiger partial charge is 0.280 e. The van der Waals surface area contributed by atoms with E-state index in [1.807, 2.05) is 48.1 Å². The number of hydrogen-bond donors (Lipinski definition) is 1. The molecule has 1 aromatic carbocycles. The number of rotatable bonds is 5. The van der Waals surface area contributed by atoms with Crippen molar-refractivity contribution in [2.45, 2.75) is 25.8 Å². The molecule has 3 rings (SSSR count). The second kappa shape index (κ2) is 7.04. The molecular weight excluding hydrogens is 324 g/mol. The van der Waals surface area contributed by atoms with Crippen LogP contribution in [0.5, 0.6) is 0 Å². The van der Waals surface area contributed by atoms with Crippen LogP contribution in [-0.2, 0) is 17.3 Å². The molecule has 0 bridgehead atoms. The number of benzene rings is 1. The van der Waals surface area contributed by atoms with Gasteiger partial charge in [0.1, 0.15) is 11.9 Å². The van der Waals surface area contributed by atoms with Crippen molar-refractivity contribution in [2.75, 3.05) is 13.1 Å². The van der Waals surface area contributed by atoms with Crippen LogP contribution >= 0.6 is 0 Å². The molecule has 0 aliphatic carbocycles. The van der Waals surface area contributed by atoms with E-state index in [9.17, 15) is 8.42 Å². The van der Waals surface area contributed by atoms with Crippen LogP contribution in [0.15, 0.2) is 42.7 Å². The van der Waals surface area contributed by atoms with Gasteiger partial charge in [0.15, 0.2) is 0 Å². The molecule has 7 heteroatoms. The standard InChI is InChI=1S/C17H24N4O2S/c1-14-7-6-11-21(13-14)24(22,23)19-16(15-8-4-3-5-9-15)17-18-10-12-20(17)2/h3-5,8-10,12,14,16,19H,6-7,11,13H2,1-2H3. The lowest BCUT2D eigenvalue weighted by Crippen LogP contribution is -2.47. The zero-order valence-corrected chi connectivity index (χ0v) is 14.9. The van der Waals surface area contributed by atoms with Crippen LogP contribution in [0.3, 0.4) is 0 Å². The minimum Gasteiger partial charge on any atom is -0.336 e. The van der Waals surface area contributed by atoms with E-state index in [1.54, 1.807) is 10.5 Å². The van der Waals surface area contributed by atoms with Gasteiger partial charge in [-0.25, -0.2) is 4.98 Å². The Morgan fingerprint density at radius 1 is 1.29 bits per heavy atom. The molecule has 1 aliphatic rings. The fraction of sp³-hybridized carbons (Fsp3) is 0.471. The lowest BCUT2D eigenvalue weighted by atomic mass is 10.0. The van der Waals surface area contributed by atoms with Crippen LogP contribution in [-0.4, -0.2) is 35.4 Å². The number of nitrogens with zero attached hydrogens (tertiary/aromatic N) is 3. The Morgan fingerprint density at radius 3 is 2.67 bits per heavy atom. The van der Waals surface area contributed by atoms with Crippen molar-refractivity contribution in [2.24, 2.45) is 13.0 Å². The van der Waals surface area contributed by atoms with Crippen molar-refractivity contribution < 1.29 is 8.42 Å². The third-order valence-electron chi connectivity index (χ3n) is 4.48. The van der Waals surface area contributed by atoms with Gasteiger partial charge in [-0.2, -0.15) is 17.4 Å². The van der Waals surface area contributed by atoms with E-state index >= 15 is 0 Å². The Hall–Kier alpha value is -1.70. The Morgan fingerprint density at radius 2 is 2.04 bits per heavy atom. The Kier molecular flexibility index (Phi) is 5.03. The highest BCUT2D eigenvalue weighted by Gasteiger charge is 2.31. The lowest BCUT2D eigenvalue weighted by molar-refractivity contribution is 0.277. The first-order valence-corrected chi connectivity index (χ1v) is 9.71. The van der Waals surface area contributed by atoms with E-state index in [2.05, 4.69) is 16.6 Å². The van der Waals surface area contributed by atoms with Crippen molar-refractivity contribution in [3.05, 3.63) is 54.1 Å². The van der Waals surface area contributed by atoms with Gasteiger partial charge in [-0.15, -0.1) is 0 Å². The lowest BCUT2D eigenvalue weighted by Gasteiger charge is -2.31. The molecule has 130 valence electrons. The first-order valence-electron chi connectivity index (χ1n) is 8.27. The minimum absolute atomic E-state index is 0.388. The zero-order chi connectivity index (χ0) is 17.2. The molecule has 0 spiro atoms. The molecule has 2 heterocycles. The summed E-state index contributed by atoms with van der Waals surface area (Å²) in [4.78, 5) is 4.35. The van der Waals surface area contributed by atoms with Crippen molar-refractivity contribution in [1.82, 2.24) is 18.6 Å². The maximum atomic E-state index is 12.9. The molecule has 1 saturated heterocycles. The molecule has 2 atom stereocenters. The van der Waals surface area contributed by atoms with Crippen LogP contribution in [0.1, 0.15) is 37.2 Å². The van der Waals surface area contributed by atoms with Crippen LogP contribution in [0.2, 0.25) is 0 Å². The molecule has 0 amide bonds. The Bertz CT molecular complexity index is 773. The van der Waals surface area contributed by atoms with Gasteiger partial charge in [-0.1, -0.05) is 37.3 Å². The normalized spacial score (nSPS) is 20.8. The molecule has 0 radical (unpaired) electrons. The zero-order valence-electron chi connectivity index (χ0n) is 14.1. The molecule has 2 aromatic rings. The van der Waals surface area contributed by atoms with Crippen molar-refractivity contribution in [1.29, 1.82) is 0 Å². The molecule has 24 heavy (non-hydrogen) atoms. The fourth-order valence-corrected chi connectivity index (χ4v) is 4.67. The Labute approximate surface area is 143 Å². The van der Waals surface area contributed by atoms with Gasteiger partial charge >= 0.3 is 0 Å². The first kappa shape index (κ1) is 17.1. The van der Waals surface area contributed by atoms with E-state index < -0.39 is 16.3 Å². The monoisotopic (exact) mass is 348 g/mol. The summed E-state index contributed by atoms with van der Waals surface area (Å²) >= 11 is 0. The van der Waals surface area contributed by atoms with E-state index in [-0.39, 0.29) is 0 Å². The highest BCUT2D eigenvalue weighted by Crippen LogP contribution is 2.24. The van der Waals surface area contributed by atoms with E-state index in [0.29, 0.717) is 24.8 Å². The molecule has 6 nitrogen and oxygen atoms in total. The molecule has 0 saturated carbocycles. The molecule has 1 aromatic heterocycles. The van der Waals surface area contributed by atoms with Gasteiger partial charge in [0, 0.05) is 32.5 Å². The van der Waals surface area contributed by atoms with Crippen LogP contribution in [0.25, 0.3) is 0 Å². The maximum absolute atomic E-state index is 12.9. The van der Waals surface area contributed by atoms with E-state index in [4.69, 9.17) is 0 Å². The molecule has 2 unspecified atom stereocenters. The third-order valence-corrected chi connectivity index (χ3v) is 6.02. The minimum atomic E-state index is -3.58. The van der Waals surface area contributed by atoms with Crippen LogP contribution in [0.4, 0.5) is 0 Å². The highest BCUT2D eigenvalue weighted by molar-refractivity contribution is 7.87. The van der Waals surface area contributed by atoms with Gasteiger partial charge < -0.3 is 4.57 Å². The number of nitrogens with one attached hydrogen (secondary N) is 1. The largest absolute Gasteiger partial charge is 0.336 e. The summed E-state index contributed by atoms with van der Waals surface area (Å²) in [6.07, 6.45) is 5.49. The molecular formula is C17H24N4O2S. The quantitative estimate of drug-likeness (QED) is 0.899. The van der Waals surface area contributed by atoms with Gasteiger partial charge in [0.25, 0.3) is 10.2 Å². The van der Waals surface area contributed by atoms with Crippen LogP contribution < -0.4 is 4.72 Å². The molecule has 1 aliphatic heterocycles. The Balaban J connectivity index is 1.91. The number of aromatic nitrogens is 2. The SMILES string of the molecule is CC1CCCN(S(=O)(=O)NC(c2ccccc2)c2nccn2C)C1. The van der Waals surface area contributed by atoms with Gasteiger partial charge in [0.2, 0.25) is 0 Å². The van der Waals surface area contributed by atoms with Crippen molar-refractivity contribution in [3.63, 3.8) is 0 Å². The van der Waals surface area contributed by atoms with Crippen LogP contribution in [0, 0.1) is 5.92 Å². The number of hydrogen-bond acceptors (Lipinski definition) is 3. The van der Waals surface area contributed by atoms with Gasteiger partial charge in [0.05, 0.1) is 0 Å². The van der Waals surface area contributed by atoms with Crippen molar-refractivity contribution >= 4 is 10.2 Å². The topological polar surface area (TPSA) is 67.2 Å². The van der Waals surface area contributed by atoms with Crippen molar-refractivity contribution in [3.8, 4) is 0 Å². The summed E-state index contributed by atoms with van der Waals surface area (Å²) in [5.41, 5.74) is 0.875. The number of aryl methyl sites for hydroxylation is 1. The summed E-state index contributed by atoms with van der Waals surface area (Å²) in [5.74, 6) is 1.06. The average molecular weight is 348 g/mol. The second-order valence-electron chi connectivity index (χ2n) is 6.47. The number of imidazole rings is 1.